The SMILES string of the molecule is Cc1ccc(NC2=C(c3ccc(F)cc3)C(=O)N(c3cccc(Cl)c3C)C2=O)cc1. The second-order valence-electron chi connectivity index (χ2n) is 7.08. The van der Waals surface area contributed by atoms with Crippen molar-refractivity contribution < 1.29 is 14.0 Å². The van der Waals surface area contributed by atoms with Crippen molar-refractivity contribution in [3.05, 3.63) is 100.0 Å². The monoisotopic (exact) mass is 420 g/mol. The molecule has 0 saturated heterocycles. The number of nitrogens with one attached hydrogen (secondary N) is 1. The van der Waals surface area contributed by atoms with Crippen LogP contribution in [0.2, 0.25) is 5.02 Å². The molecule has 0 aliphatic carbocycles. The fourth-order valence-electron chi connectivity index (χ4n) is 3.37. The van der Waals surface area contributed by atoms with Gasteiger partial charge in [0.1, 0.15) is 11.5 Å². The number of anilines is 2. The smallest absolute Gasteiger partial charge is 0.282 e. The average molecular weight is 421 g/mol. The Morgan fingerprint density at radius 3 is 2.20 bits per heavy atom. The fourth-order valence-corrected chi connectivity index (χ4v) is 3.54. The third-order valence-corrected chi connectivity index (χ3v) is 5.43. The van der Waals surface area contributed by atoms with Crippen molar-refractivity contribution in [1.82, 2.24) is 0 Å². The molecule has 4 rings (SSSR count). The molecule has 0 radical (unpaired) electrons. The van der Waals surface area contributed by atoms with E-state index >= 15 is 0 Å². The van der Waals surface area contributed by atoms with Crippen LogP contribution in [-0.2, 0) is 9.59 Å². The average Bonchev–Trinajstić information content (AvgIpc) is 2.96. The van der Waals surface area contributed by atoms with Gasteiger partial charge < -0.3 is 5.32 Å². The van der Waals surface area contributed by atoms with Crippen LogP contribution in [0, 0.1) is 19.7 Å². The first-order valence-corrected chi connectivity index (χ1v) is 9.72. The third kappa shape index (κ3) is 3.48. The Morgan fingerprint density at radius 2 is 1.53 bits per heavy atom. The molecule has 30 heavy (non-hydrogen) atoms. The van der Waals surface area contributed by atoms with Crippen LogP contribution in [-0.4, -0.2) is 11.8 Å². The molecular formula is C24H18ClFN2O2. The van der Waals surface area contributed by atoms with Crippen LogP contribution >= 0.6 is 11.6 Å². The van der Waals surface area contributed by atoms with E-state index in [0.717, 1.165) is 10.5 Å². The molecule has 2 amide bonds. The highest BCUT2D eigenvalue weighted by Crippen LogP contribution is 2.36. The van der Waals surface area contributed by atoms with Crippen LogP contribution in [0.15, 0.2) is 72.4 Å². The maximum atomic E-state index is 13.5. The summed E-state index contributed by atoms with van der Waals surface area (Å²) in [7, 11) is 0. The minimum absolute atomic E-state index is 0.134. The van der Waals surface area contributed by atoms with Gasteiger partial charge in [0.05, 0.1) is 11.3 Å². The van der Waals surface area contributed by atoms with Crippen molar-refractivity contribution in [2.75, 3.05) is 10.2 Å². The van der Waals surface area contributed by atoms with E-state index in [4.69, 9.17) is 11.6 Å². The van der Waals surface area contributed by atoms with Gasteiger partial charge in [0.15, 0.2) is 0 Å². The zero-order chi connectivity index (χ0) is 21.4. The molecule has 1 heterocycles. The summed E-state index contributed by atoms with van der Waals surface area (Å²) in [5, 5.41) is 3.54. The van der Waals surface area contributed by atoms with Gasteiger partial charge in [-0.3, -0.25) is 9.59 Å². The van der Waals surface area contributed by atoms with Crippen LogP contribution in [0.4, 0.5) is 15.8 Å². The normalized spacial score (nSPS) is 13.9. The molecule has 4 nitrogen and oxygen atoms in total. The molecule has 3 aromatic carbocycles. The first kappa shape index (κ1) is 19.9. The van der Waals surface area contributed by atoms with Crippen molar-refractivity contribution in [2.45, 2.75) is 13.8 Å². The van der Waals surface area contributed by atoms with Gasteiger partial charge in [-0.2, -0.15) is 0 Å². The van der Waals surface area contributed by atoms with Crippen LogP contribution < -0.4 is 10.2 Å². The Morgan fingerprint density at radius 1 is 0.867 bits per heavy atom. The number of halogens is 2. The van der Waals surface area contributed by atoms with E-state index in [0.29, 0.717) is 27.5 Å². The molecule has 1 N–H and O–H groups in total. The zero-order valence-electron chi connectivity index (χ0n) is 16.4. The third-order valence-electron chi connectivity index (χ3n) is 5.02. The van der Waals surface area contributed by atoms with Gasteiger partial charge in [-0.1, -0.05) is 47.5 Å². The maximum Gasteiger partial charge on any atom is 0.282 e. The lowest BCUT2D eigenvalue weighted by molar-refractivity contribution is -0.120. The van der Waals surface area contributed by atoms with E-state index in [1.807, 2.05) is 31.2 Å². The number of carbonyl (C=O) groups excluding carboxylic acids is 2. The van der Waals surface area contributed by atoms with E-state index in [9.17, 15) is 14.0 Å². The lowest BCUT2D eigenvalue weighted by Gasteiger charge is -2.18. The van der Waals surface area contributed by atoms with Crippen molar-refractivity contribution in [3.63, 3.8) is 0 Å². The maximum absolute atomic E-state index is 13.5. The Bertz CT molecular complexity index is 1180. The van der Waals surface area contributed by atoms with Crippen LogP contribution in [0.1, 0.15) is 16.7 Å². The molecular weight excluding hydrogens is 403 g/mol. The van der Waals surface area contributed by atoms with Gasteiger partial charge in [-0.05, 0) is 61.4 Å². The molecule has 0 aromatic heterocycles. The molecule has 0 spiro atoms. The van der Waals surface area contributed by atoms with Gasteiger partial charge in [-0.25, -0.2) is 9.29 Å². The second kappa shape index (κ2) is 7.76. The number of imide groups is 1. The van der Waals surface area contributed by atoms with Gasteiger partial charge >= 0.3 is 0 Å². The van der Waals surface area contributed by atoms with Crippen molar-refractivity contribution in [2.24, 2.45) is 0 Å². The Labute approximate surface area is 178 Å². The summed E-state index contributed by atoms with van der Waals surface area (Å²) < 4.78 is 13.5. The molecule has 6 heteroatoms. The molecule has 0 fully saturated rings. The van der Waals surface area contributed by atoms with Crippen LogP contribution in [0.25, 0.3) is 5.57 Å². The summed E-state index contributed by atoms with van der Waals surface area (Å²) in [5.74, 6) is -1.41. The quantitative estimate of drug-likeness (QED) is 0.567. The number of benzene rings is 3. The van der Waals surface area contributed by atoms with E-state index in [1.165, 1.54) is 24.3 Å². The topological polar surface area (TPSA) is 49.4 Å². The number of amides is 2. The predicted octanol–water partition coefficient (Wildman–Crippen LogP) is 5.49. The Hall–Kier alpha value is -3.44. The lowest BCUT2D eigenvalue weighted by Crippen LogP contribution is -2.33. The summed E-state index contributed by atoms with van der Waals surface area (Å²) in [6.07, 6.45) is 0. The highest BCUT2D eigenvalue weighted by atomic mass is 35.5. The summed E-state index contributed by atoms with van der Waals surface area (Å²) in [6, 6.07) is 18.0. The summed E-state index contributed by atoms with van der Waals surface area (Å²) in [5.41, 5.74) is 3.54. The lowest BCUT2D eigenvalue weighted by atomic mass is 10.0. The minimum Gasteiger partial charge on any atom is -0.350 e. The van der Waals surface area contributed by atoms with Crippen molar-refractivity contribution in [3.8, 4) is 0 Å². The molecule has 1 aliphatic heterocycles. The zero-order valence-corrected chi connectivity index (χ0v) is 17.1. The fraction of sp³-hybridized carbons (Fsp3) is 0.0833. The van der Waals surface area contributed by atoms with E-state index in [1.54, 1.807) is 25.1 Å². The van der Waals surface area contributed by atoms with Crippen LogP contribution in [0.5, 0.6) is 0 Å². The highest BCUT2D eigenvalue weighted by molar-refractivity contribution is 6.46. The van der Waals surface area contributed by atoms with Crippen molar-refractivity contribution in [1.29, 1.82) is 0 Å². The number of aryl methyl sites for hydroxylation is 1. The molecule has 1 aliphatic rings. The predicted molar refractivity (Wildman–Crippen MR) is 117 cm³/mol. The molecule has 0 atom stereocenters. The van der Waals surface area contributed by atoms with Gasteiger partial charge in [0.2, 0.25) is 0 Å². The molecule has 0 bridgehead atoms. The number of rotatable bonds is 4. The molecule has 150 valence electrons. The summed E-state index contributed by atoms with van der Waals surface area (Å²) >= 11 is 6.22. The molecule has 0 saturated carbocycles. The van der Waals surface area contributed by atoms with Gasteiger partial charge in [0, 0.05) is 10.7 Å². The van der Waals surface area contributed by atoms with E-state index in [2.05, 4.69) is 5.32 Å². The van der Waals surface area contributed by atoms with Crippen LogP contribution in [0.3, 0.4) is 0 Å². The van der Waals surface area contributed by atoms with Gasteiger partial charge in [-0.15, -0.1) is 0 Å². The minimum atomic E-state index is -0.495. The Kier molecular flexibility index (Phi) is 5.14. The van der Waals surface area contributed by atoms with Gasteiger partial charge in [0.25, 0.3) is 11.8 Å². The first-order valence-electron chi connectivity index (χ1n) is 9.34. The van der Waals surface area contributed by atoms with Crippen molar-refractivity contribution >= 4 is 40.4 Å². The Balaban J connectivity index is 1.84. The summed E-state index contributed by atoms with van der Waals surface area (Å²) in [6.45, 7) is 3.71. The number of nitrogens with zero attached hydrogens (tertiary/aromatic N) is 1. The number of hydrogen-bond donors (Lipinski definition) is 1. The number of carbonyl (C=O) groups is 2. The highest BCUT2D eigenvalue weighted by Gasteiger charge is 2.41. The molecule has 3 aromatic rings. The van der Waals surface area contributed by atoms with E-state index < -0.39 is 17.6 Å². The summed E-state index contributed by atoms with van der Waals surface area (Å²) in [4.78, 5) is 27.9. The largest absolute Gasteiger partial charge is 0.350 e. The number of hydrogen-bond acceptors (Lipinski definition) is 3. The molecule has 0 unspecified atom stereocenters. The second-order valence-corrected chi connectivity index (χ2v) is 7.48. The first-order chi connectivity index (χ1) is 14.4. The standard InChI is InChI=1S/C24H18ClFN2O2/c1-14-6-12-18(13-7-14)27-22-21(16-8-10-17(26)11-9-16)23(29)28(24(22)30)20-5-3-4-19(25)15(20)2/h3-13,27H,1-2H3. The van der Waals surface area contributed by atoms with E-state index in [-0.39, 0.29) is 11.3 Å².